The smallest absolute Gasteiger partial charge is 0.145 e. The molecule has 0 aliphatic heterocycles. The van der Waals surface area contributed by atoms with Crippen LogP contribution in [0.3, 0.4) is 0 Å². The molecular weight excluding hydrogens is 164 g/mol. The van der Waals surface area contributed by atoms with Crippen molar-refractivity contribution in [1.29, 1.82) is 0 Å². The van der Waals surface area contributed by atoms with Gasteiger partial charge in [-0.15, -0.1) is 0 Å². The summed E-state index contributed by atoms with van der Waals surface area (Å²) in [5.41, 5.74) is 12.2. The summed E-state index contributed by atoms with van der Waals surface area (Å²) in [6.45, 7) is 5.90. The lowest BCUT2D eigenvalue weighted by Crippen LogP contribution is -2.23. The normalized spacial score (nSPS) is 11.3. The van der Waals surface area contributed by atoms with Gasteiger partial charge in [-0.2, -0.15) is 0 Å². The summed E-state index contributed by atoms with van der Waals surface area (Å²) in [4.78, 5) is 0. The summed E-state index contributed by atoms with van der Waals surface area (Å²) in [5, 5.41) is 0. The molecule has 0 aliphatic rings. The van der Waals surface area contributed by atoms with E-state index in [1.807, 2.05) is 32.9 Å². The first-order valence-electron chi connectivity index (χ1n) is 4.23. The SMILES string of the molecule is CC(C)(C)Oc1cccc(N)c1N. The number of hydrogen-bond donors (Lipinski definition) is 2. The standard InChI is InChI=1S/C10H16N2O/c1-10(2,3)13-8-6-4-5-7(11)9(8)12/h4-6H,11-12H2,1-3H3. The Kier molecular flexibility index (Phi) is 2.36. The second-order valence-electron chi connectivity index (χ2n) is 3.97. The minimum Gasteiger partial charge on any atom is -0.486 e. The molecule has 0 radical (unpaired) electrons. The number of rotatable bonds is 1. The molecule has 0 aromatic heterocycles. The van der Waals surface area contributed by atoms with Crippen molar-refractivity contribution < 1.29 is 4.74 Å². The van der Waals surface area contributed by atoms with Crippen molar-refractivity contribution >= 4 is 11.4 Å². The third kappa shape index (κ3) is 2.54. The highest BCUT2D eigenvalue weighted by molar-refractivity contribution is 5.70. The maximum Gasteiger partial charge on any atom is 0.145 e. The van der Waals surface area contributed by atoms with Gasteiger partial charge in [0.05, 0.1) is 11.4 Å². The van der Waals surface area contributed by atoms with E-state index in [-0.39, 0.29) is 5.60 Å². The molecule has 0 aliphatic carbocycles. The van der Waals surface area contributed by atoms with Crippen LogP contribution in [0, 0.1) is 0 Å². The summed E-state index contributed by atoms with van der Waals surface area (Å²) in [6.07, 6.45) is 0. The van der Waals surface area contributed by atoms with Crippen LogP contribution in [-0.4, -0.2) is 5.60 Å². The van der Waals surface area contributed by atoms with Crippen molar-refractivity contribution in [2.45, 2.75) is 26.4 Å². The molecule has 0 spiro atoms. The molecule has 0 heterocycles. The van der Waals surface area contributed by atoms with Crippen LogP contribution in [-0.2, 0) is 0 Å². The lowest BCUT2D eigenvalue weighted by Gasteiger charge is -2.22. The Labute approximate surface area is 78.7 Å². The van der Waals surface area contributed by atoms with Gasteiger partial charge in [-0.3, -0.25) is 0 Å². The number of ether oxygens (including phenoxy) is 1. The second kappa shape index (κ2) is 3.17. The van der Waals surface area contributed by atoms with Gasteiger partial charge in [-0.1, -0.05) is 6.07 Å². The van der Waals surface area contributed by atoms with Gasteiger partial charge in [0.1, 0.15) is 11.4 Å². The van der Waals surface area contributed by atoms with E-state index in [9.17, 15) is 0 Å². The van der Waals surface area contributed by atoms with Crippen molar-refractivity contribution in [1.82, 2.24) is 0 Å². The van der Waals surface area contributed by atoms with Crippen LogP contribution in [0.4, 0.5) is 11.4 Å². The summed E-state index contributed by atoms with van der Waals surface area (Å²) >= 11 is 0. The Hall–Kier alpha value is -1.38. The van der Waals surface area contributed by atoms with E-state index in [1.54, 1.807) is 6.07 Å². The van der Waals surface area contributed by atoms with Crippen LogP contribution >= 0.6 is 0 Å². The average Bonchev–Trinajstić information content (AvgIpc) is 1.96. The molecular formula is C10H16N2O. The number of benzene rings is 1. The minimum atomic E-state index is -0.248. The van der Waals surface area contributed by atoms with Gasteiger partial charge >= 0.3 is 0 Å². The first kappa shape index (κ1) is 9.71. The van der Waals surface area contributed by atoms with Crippen LogP contribution in [0.25, 0.3) is 0 Å². The third-order valence-electron chi connectivity index (χ3n) is 1.52. The molecule has 0 fully saturated rings. The highest BCUT2D eigenvalue weighted by Crippen LogP contribution is 2.29. The topological polar surface area (TPSA) is 61.3 Å². The van der Waals surface area contributed by atoms with E-state index < -0.39 is 0 Å². The van der Waals surface area contributed by atoms with Crippen LogP contribution in [0.15, 0.2) is 18.2 Å². The molecule has 72 valence electrons. The van der Waals surface area contributed by atoms with Crippen molar-refractivity contribution in [3.05, 3.63) is 18.2 Å². The number of anilines is 2. The predicted molar refractivity (Wildman–Crippen MR) is 55.6 cm³/mol. The molecule has 13 heavy (non-hydrogen) atoms. The summed E-state index contributed by atoms with van der Waals surface area (Å²) in [5.74, 6) is 0.646. The largest absolute Gasteiger partial charge is 0.486 e. The zero-order valence-corrected chi connectivity index (χ0v) is 8.29. The van der Waals surface area contributed by atoms with Crippen LogP contribution in [0.1, 0.15) is 20.8 Å². The Morgan fingerprint density at radius 2 is 1.77 bits per heavy atom. The Morgan fingerprint density at radius 3 is 2.31 bits per heavy atom. The van der Waals surface area contributed by atoms with E-state index in [4.69, 9.17) is 16.2 Å². The summed E-state index contributed by atoms with van der Waals surface area (Å²) < 4.78 is 5.61. The third-order valence-corrected chi connectivity index (χ3v) is 1.52. The molecule has 0 unspecified atom stereocenters. The lowest BCUT2D eigenvalue weighted by molar-refractivity contribution is 0.132. The van der Waals surface area contributed by atoms with Gasteiger partial charge in [0.15, 0.2) is 0 Å². The van der Waals surface area contributed by atoms with Crippen molar-refractivity contribution in [3.8, 4) is 5.75 Å². The fourth-order valence-corrected chi connectivity index (χ4v) is 0.980. The van der Waals surface area contributed by atoms with E-state index in [2.05, 4.69) is 0 Å². The van der Waals surface area contributed by atoms with Crippen molar-refractivity contribution in [2.75, 3.05) is 11.5 Å². The molecule has 0 amide bonds. The van der Waals surface area contributed by atoms with Crippen molar-refractivity contribution in [3.63, 3.8) is 0 Å². The number of nitrogens with two attached hydrogens (primary N) is 2. The van der Waals surface area contributed by atoms with E-state index in [0.717, 1.165) is 0 Å². The Morgan fingerprint density at radius 1 is 1.15 bits per heavy atom. The minimum absolute atomic E-state index is 0.248. The fraction of sp³-hybridized carbons (Fsp3) is 0.400. The zero-order valence-electron chi connectivity index (χ0n) is 8.29. The fourth-order valence-electron chi connectivity index (χ4n) is 0.980. The summed E-state index contributed by atoms with van der Waals surface area (Å²) in [7, 11) is 0. The Balaban J connectivity index is 2.96. The van der Waals surface area contributed by atoms with Crippen LogP contribution < -0.4 is 16.2 Å². The number of nitrogen functional groups attached to an aromatic ring is 2. The van der Waals surface area contributed by atoms with E-state index >= 15 is 0 Å². The molecule has 3 heteroatoms. The lowest BCUT2D eigenvalue weighted by atomic mass is 10.2. The first-order valence-corrected chi connectivity index (χ1v) is 4.23. The zero-order chi connectivity index (χ0) is 10.1. The molecule has 4 N–H and O–H groups in total. The van der Waals surface area contributed by atoms with Gasteiger partial charge < -0.3 is 16.2 Å². The number of hydrogen-bond acceptors (Lipinski definition) is 3. The molecule has 0 atom stereocenters. The summed E-state index contributed by atoms with van der Waals surface area (Å²) in [6, 6.07) is 5.40. The van der Waals surface area contributed by atoms with Crippen LogP contribution in [0.2, 0.25) is 0 Å². The highest BCUT2D eigenvalue weighted by Gasteiger charge is 2.14. The molecule has 1 aromatic carbocycles. The van der Waals surface area contributed by atoms with E-state index in [0.29, 0.717) is 17.1 Å². The maximum absolute atomic E-state index is 5.74. The average molecular weight is 180 g/mol. The highest BCUT2D eigenvalue weighted by atomic mass is 16.5. The molecule has 3 nitrogen and oxygen atoms in total. The molecule has 0 bridgehead atoms. The molecule has 0 saturated heterocycles. The van der Waals surface area contributed by atoms with Crippen molar-refractivity contribution in [2.24, 2.45) is 0 Å². The van der Waals surface area contributed by atoms with Gasteiger partial charge in [-0.25, -0.2) is 0 Å². The van der Waals surface area contributed by atoms with Gasteiger partial charge in [0.2, 0.25) is 0 Å². The van der Waals surface area contributed by atoms with E-state index in [1.165, 1.54) is 0 Å². The van der Waals surface area contributed by atoms with Gasteiger partial charge in [0.25, 0.3) is 0 Å². The van der Waals surface area contributed by atoms with Gasteiger partial charge in [0, 0.05) is 0 Å². The quantitative estimate of drug-likeness (QED) is 0.650. The first-order chi connectivity index (χ1) is 5.90. The molecule has 1 rings (SSSR count). The second-order valence-corrected chi connectivity index (χ2v) is 3.97. The maximum atomic E-state index is 5.74. The Bertz CT molecular complexity index is 302. The van der Waals surface area contributed by atoms with Gasteiger partial charge in [-0.05, 0) is 32.9 Å². The predicted octanol–water partition coefficient (Wildman–Crippen LogP) is 2.03. The molecule has 0 saturated carbocycles. The molecule has 1 aromatic rings. The number of para-hydroxylation sites is 1. The monoisotopic (exact) mass is 180 g/mol. The van der Waals surface area contributed by atoms with Crippen LogP contribution in [0.5, 0.6) is 5.75 Å².